The molecule has 5 nitrogen and oxygen atoms in total. The molecule has 102 valence electrons. The second-order valence-corrected chi connectivity index (χ2v) is 6.34. The molecule has 0 atom stereocenters. The van der Waals surface area contributed by atoms with Crippen LogP contribution >= 0.6 is 11.3 Å². The van der Waals surface area contributed by atoms with Crippen LogP contribution in [0.15, 0.2) is 40.7 Å². The van der Waals surface area contributed by atoms with E-state index in [0.29, 0.717) is 17.5 Å². The minimum absolute atomic E-state index is 0.187. The fourth-order valence-electron chi connectivity index (χ4n) is 1.38. The van der Waals surface area contributed by atoms with Crippen molar-refractivity contribution in [1.29, 1.82) is 0 Å². The first-order valence-electron chi connectivity index (χ1n) is 5.77. The fraction of sp³-hybridized carbons (Fsp3) is 0.250. The first kappa shape index (κ1) is 13.8. The number of ether oxygens (including phenoxy) is 1. The van der Waals surface area contributed by atoms with Gasteiger partial charge in [0.1, 0.15) is 5.75 Å². The highest BCUT2D eigenvalue weighted by Crippen LogP contribution is 2.20. The minimum atomic E-state index is -3.58. The predicted octanol–water partition coefficient (Wildman–Crippen LogP) is 2.73. The van der Waals surface area contributed by atoms with Crippen LogP contribution in [-0.4, -0.2) is 20.0 Å². The first-order valence-corrected chi connectivity index (χ1v) is 8.13. The molecular formula is C12H14N2O3S2. The van der Waals surface area contributed by atoms with Crippen molar-refractivity contribution >= 4 is 26.5 Å². The summed E-state index contributed by atoms with van der Waals surface area (Å²) in [7, 11) is -3.58. The Labute approximate surface area is 116 Å². The van der Waals surface area contributed by atoms with Gasteiger partial charge >= 0.3 is 0 Å². The van der Waals surface area contributed by atoms with Gasteiger partial charge in [0.25, 0.3) is 10.0 Å². The third kappa shape index (κ3) is 3.68. The van der Waals surface area contributed by atoms with E-state index in [1.165, 1.54) is 23.5 Å². The van der Waals surface area contributed by atoms with Crippen LogP contribution in [0, 0.1) is 0 Å². The third-order valence-electron chi connectivity index (χ3n) is 2.26. The molecule has 1 heterocycles. The summed E-state index contributed by atoms with van der Waals surface area (Å²) >= 11 is 1.23. The topological polar surface area (TPSA) is 68.3 Å². The van der Waals surface area contributed by atoms with Crippen LogP contribution in [0.25, 0.3) is 0 Å². The summed E-state index contributed by atoms with van der Waals surface area (Å²) < 4.78 is 31.9. The first-order chi connectivity index (χ1) is 9.12. The number of anilines is 1. The summed E-state index contributed by atoms with van der Waals surface area (Å²) in [5.41, 5.74) is 0. The molecule has 0 aliphatic rings. The van der Waals surface area contributed by atoms with Crippen LogP contribution in [0.4, 0.5) is 5.13 Å². The number of thiazole rings is 1. The molecule has 0 saturated carbocycles. The van der Waals surface area contributed by atoms with Crippen LogP contribution < -0.4 is 9.46 Å². The molecule has 7 heteroatoms. The van der Waals surface area contributed by atoms with Gasteiger partial charge < -0.3 is 4.74 Å². The van der Waals surface area contributed by atoms with E-state index in [9.17, 15) is 8.42 Å². The molecule has 2 rings (SSSR count). The lowest BCUT2D eigenvalue weighted by Crippen LogP contribution is -2.12. The number of hydrogen-bond acceptors (Lipinski definition) is 5. The zero-order valence-electron chi connectivity index (χ0n) is 10.4. The summed E-state index contributed by atoms with van der Waals surface area (Å²) in [6.45, 7) is 2.63. The van der Waals surface area contributed by atoms with Crippen molar-refractivity contribution in [3.63, 3.8) is 0 Å². The van der Waals surface area contributed by atoms with Crippen LogP contribution in [0.3, 0.4) is 0 Å². The standard InChI is InChI=1S/C12H14N2O3S2/c1-2-8-17-10-3-5-11(6-4-10)19(15,16)14-12-13-7-9-18-12/h3-7,9H,2,8H2,1H3,(H,13,14). The largest absolute Gasteiger partial charge is 0.494 e. The van der Waals surface area contributed by atoms with Crippen LogP contribution in [0.5, 0.6) is 5.75 Å². The number of aromatic nitrogens is 1. The van der Waals surface area contributed by atoms with E-state index in [1.54, 1.807) is 23.7 Å². The summed E-state index contributed by atoms with van der Waals surface area (Å²) in [5.74, 6) is 0.662. The van der Waals surface area contributed by atoms with Crippen molar-refractivity contribution in [1.82, 2.24) is 4.98 Å². The number of sulfonamides is 1. The Morgan fingerprint density at radius 3 is 2.63 bits per heavy atom. The van der Waals surface area contributed by atoms with Crippen LogP contribution in [0.2, 0.25) is 0 Å². The van der Waals surface area contributed by atoms with Crippen LogP contribution in [0.1, 0.15) is 13.3 Å². The molecule has 0 spiro atoms. The second kappa shape index (κ2) is 6.03. The fourth-order valence-corrected chi connectivity index (χ4v) is 3.17. The third-order valence-corrected chi connectivity index (χ3v) is 4.43. The summed E-state index contributed by atoms with van der Waals surface area (Å²) in [6, 6.07) is 6.32. The average molecular weight is 298 g/mol. The van der Waals surface area contributed by atoms with Gasteiger partial charge in [-0.2, -0.15) is 0 Å². The van der Waals surface area contributed by atoms with Gasteiger partial charge in [0.05, 0.1) is 11.5 Å². The second-order valence-electron chi connectivity index (χ2n) is 3.76. The number of rotatable bonds is 6. The summed E-state index contributed by atoms with van der Waals surface area (Å²) in [6.07, 6.45) is 2.45. The molecule has 19 heavy (non-hydrogen) atoms. The average Bonchev–Trinajstić information content (AvgIpc) is 2.89. The Balaban J connectivity index is 2.12. The molecule has 0 radical (unpaired) electrons. The Morgan fingerprint density at radius 1 is 1.32 bits per heavy atom. The van der Waals surface area contributed by atoms with Gasteiger partial charge in [0.15, 0.2) is 5.13 Å². The Bertz CT molecular complexity index is 607. The van der Waals surface area contributed by atoms with E-state index in [4.69, 9.17) is 4.74 Å². The van der Waals surface area contributed by atoms with Gasteiger partial charge in [0.2, 0.25) is 0 Å². The Kier molecular flexibility index (Phi) is 4.39. The zero-order chi connectivity index (χ0) is 13.7. The monoisotopic (exact) mass is 298 g/mol. The maximum atomic E-state index is 12.0. The molecule has 0 amide bonds. The highest BCUT2D eigenvalue weighted by atomic mass is 32.2. The van der Waals surface area contributed by atoms with Crippen molar-refractivity contribution in [2.75, 3.05) is 11.3 Å². The van der Waals surface area contributed by atoms with Crippen molar-refractivity contribution < 1.29 is 13.2 Å². The van der Waals surface area contributed by atoms with Crippen molar-refractivity contribution in [2.45, 2.75) is 18.2 Å². The maximum absolute atomic E-state index is 12.0. The van der Waals surface area contributed by atoms with Crippen molar-refractivity contribution in [3.05, 3.63) is 35.8 Å². The normalized spacial score (nSPS) is 11.2. The lowest BCUT2D eigenvalue weighted by molar-refractivity contribution is 0.317. The van der Waals surface area contributed by atoms with Crippen molar-refractivity contribution in [3.8, 4) is 5.75 Å². The lowest BCUT2D eigenvalue weighted by Gasteiger charge is -2.07. The van der Waals surface area contributed by atoms with E-state index in [1.807, 2.05) is 6.92 Å². The molecule has 0 bridgehead atoms. The molecule has 0 aliphatic carbocycles. The zero-order valence-corrected chi connectivity index (χ0v) is 12.0. The van der Waals surface area contributed by atoms with E-state index < -0.39 is 10.0 Å². The lowest BCUT2D eigenvalue weighted by atomic mass is 10.3. The summed E-state index contributed by atoms with van der Waals surface area (Å²) in [4.78, 5) is 4.08. The van der Waals surface area contributed by atoms with Gasteiger partial charge in [-0.05, 0) is 30.7 Å². The van der Waals surface area contributed by atoms with E-state index >= 15 is 0 Å². The molecule has 0 aliphatic heterocycles. The molecule has 1 N–H and O–H groups in total. The molecule has 0 saturated heterocycles. The molecule has 1 aromatic heterocycles. The SMILES string of the molecule is CCCOc1ccc(S(=O)(=O)Nc2nccs2)cc1. The number of hydrogen-bond donors (Lipinski definition) is 1. The molecule has 0 fully saturated rings. The minimum Gasteiger partial charge on any atom is -0.494 e. The molecule has 2 aromatic rings. The Morgan fingerprint density at radius 2 is 2.05 bits per heavy atom. The molecule has 1 aromatic carbocycles. The predicted molar refractivity (Wildman–Crippen MR) is 75.2 cm³/mol. The van der Waals surface area contributed by atoms with Gasteiger partial charge in [0, 0.05) is 11.6 Å². The highest BCUT2D eigenvalue weighted by Gasteiger charge is 2.15. The van der Waals surface area contributed by atoms with E-state index in [0.717, 1.165) is 6.42 Å². The van der Waals surface area contributed by atoms with Gasteiger partial charge in [-0.25, -0.2) is 13.4 Å². The van der Waals surface area contributed by atoms with Crippen LogP contribution in [-0.2, 0) is 10.0 Å². The molecule has 0 unspecified atom stereocenters. The number of benzene rings is 1. The van der Waals surface area contributed by atoms with Gasteiger partial charge in [-0.3, -0.25) is 4.72 Å². The number of nitrogens with one attached hydrogen (secondary N) is 1. The van der Waals surface area contributed by atoms with Gasteiger partial charge in [-0.1, -0.05) is 6.92 Å². The molecular weight excluding hydrogens is 284 g/mol. The summed E-state index contributed by atoms with van der Waals surface area (Å²) in [5, 5.41) is 2.06. The highest BCUT2D eigenvalue weighted by molar-refractivity contribution is 7.93. The number of nitrogens with zero attached hydrogens (tertiary/aromatic N) is 1. The smallest absolute Gasteiger partial charge is 0.263 e. The quantitative estimate of drug-likeness (QED) is 0.890. The van der Waals surface area contributed by atoms with Gasteiger partial charge in [-0.15, -0.1) is 11.3 Å². The van der Waals surface area contributed by atoms with E-state index in [-0.39, 0.29) is 4.90 Å². The maximum Gasteiger partial charge on any atom is 0.263 e. The Hall–Kier alpha value is -1.60. The van der Waals surface area contributed by atoms with Crippen molar-refractivity contribution in [2.24, 2.45) is 0 Å². The van der Waals surface area contributed by atoms with E-state index in [2.05, 4.69) is 9.71 Å².